The van der Waals surface area contributed by atoms with Gasteiger partial charge in [-0.05, 0) is 24.1 Å². The van der Waals surface area contributed by atoms with E-state index in [1.807, 2.05) is 25.1 Å². The highest BCUT2D eigenvalue weighted by Crippen LogP contribution is 2.17. The van der Waals surface area contributed by atoms with Gasteiger partial charge in [0.25, 0.3) is 0 Å². The maximum absolute atomic E-state index is 9.01. The number of anilines is 1. The SMILES string of the molecule is C=CCN(CC=C)c1ncc(CO)cc1C. The number of aryl methyl sites for hydroxylation is 1. The standard InChI is InChI=1S/C13H18N2O/c1-4-6-15(7-5-2)13-11(3)8-12(10-16)9-14-13/h4-5,8-9,16H,1-2,6-7,10H2,3H3. The van der Waals surface area contributed by atoms with Crippen molar-refractivity contribution in [3.63, 3.8) is 0 Å². The Kier molecular flexibility index (Phi) is 4.73. The lowest BCUT2D eigenvalue weighted by atomic mass is 10.2. The predicted molar refractivity (Wildman–Crippen MR) is 67.5 cm³/mol. The van der Waals surface area contributed by atoms with E-state index in [0.717, 1.165) is 30.0 Å². The summed E-state index contributed by atoms with van der Waals surface area (Å²) in [5.41, 5.74) is 1.88. The molecule has 0 spiro atoms. The van der Waals surface area contributed by atoms with Crippen LogP contribution in [-0.4, -0.2) is 23.2 Å². The highest BCUT2D eigenvalue weighted by molar-refractivity contribution is 5.48. The van der Waals surface area contributed by atoms with Gasteiger partial charge in [0, 0.05) is 19.3 Å². The van der Waals surface area contributed by atoms with Crippen LogP contribution >= 0.6 is 0 Å². The zero-order chi connectivity index (χ0) is 12.0. The van der Waals surface area contributed by atoms with Crippen LogP contribution in [0.4, 0.5) is 5.82 Å². The molecule has 0 aliphatic heterocycles. The summed E-state index contributed by atoms with van der Waals surface area (Å²) < 4.78 is 0. The van der Waals surface area contributed by atoms with E-state index in [2.05, 4.69) is 23.0 Å². The molecule has 1 N–H and O–H groups in total. The molecule has 0 saturated carbocycles. The van der Waals surface area contributed by atoms with Crippen LogP contribution in [0.5, 0.6) is 0 Å². The van der Waals surface area contributed by atoms with E-state index < -0.39 is 0 Å². The molecular formula is C13H18N2O. The first kappa shape index (κ1) is 12.5. The fourth-order valence-electron chi connectivity index (χ4n) is 1.60. The second-order valence-electron chi connectivity index (χ2n) is 3.62. The molecule has 0 radical (unpaired) electrons. The van der Waals surface area contributed by atoms with Crippen molar-refractivity contribution in [1.29, 1.82) is 0 Å². The molecule has 0 unspecified atom stereocenters. The molecule has 0 aromatic carbocycles. The topological polar surface area (TPSA) is 36.4 Å². The highest BCUT2D eigenvalue weighted by Gasteiger charge is 2.08. The molecule has 0 amide bonds. The lowest BCUT2D eigenvalue weighted by molar-refractivity contribution is 0.281. The number of aromatic nitrogens is 1. The van der Waals surface area contributed by atoms with Crippen molar-refractivity contribution in [3.05, 3.63) is 48.7 Å². The summed E-state index contributed by atoms with van der Waals surface area (Å²) in [6.45, 7) is 10.9. The van der Waals surface area contributed by atoms with Crippen LogP contribution in [0, 0.1) is 6.92 Å². The van der Waals surface area contributed by atoms with E-state index in [0.29, 0.717) is 0 Å². The molecule has 0 bridgehead atoms. The Morgan fingerprint density at radius 1 is 1.38 bits per heavy atom. The summed E-state index contributed by atoms with van der Waals surface area (Å²) >= 11 is 0. The van der Waals surface area contributed by atoms with Crippen molar-refractivity contribution in [2.24, 2.45) is 0 Å². The lowest BCUT2D eigenvalue weighted by Gasteiger charge is -2.22. The molecule has 1 aromatic heterocycles. The summed E-state index contributed by atoms with van der Waals surface area (Å²) in [5, 5.41) is 9.01. The molecule has 0 aliphatic carbocycles. The number of rotatable bonds is 6. The molecule has 86 valence electrons. The number of pyridine rings is 1. The third-order valence-corrected chi connectivity index (χ3v) is 2.29. The zero-order valence-electron chi connectivity index (χ0n) is 9.69. The first-order chi connectivity index (χ1) is 7.72. The molecule has 3 heteroatoms. The molecule has 0 saturated heterocycles. The van der Waals surface area contributed by atoms with E-state index in [4.69, 9.17) is 5.11 Å². The van der Waals surface area contributed by atoms with E-state index in [1.165, 1.54) is 0 Å². The normalized spacial score (nSPS) is 9.88. The van der Waals surface area contributed by atoms with E-state index in [1.54, 1.807) is 6.20 Å². The Morgan fingerprint density at radius 3 is 2.44 bits per heavy atom. The van der Waals surface area contributed by atoms with Gasteiger partial charge in [0.15, 0.2) is 0 Å². The largest absolute Gasteiger partial charge is 0.392 e. The molecule has 1 aromatic rings. The predicted octanol–water partition coefficient (Wildman–Crippen LogP) is 2.06. The van der Waals surface area contributed by atoms with E-state index in [-0.39, 0.29) is 6.61 Å². The Labute approximate surface area is 96.7 Å². The Bertz CT molecular complexity index is 364. The quantitative estimate of drug-likeness (QED) is 0.742. The maximum atomic E-state index is 9.01. The molecule has 1 heterocycles. The highest BCUT2D eigenvalue weighted by atomic mass is 16.3. The zero-order valence-corrected chi connectivity index (χ0v) is 9.69. The van der Waals surface area contributed by atoms with Gasteiger partial charge < -0.3 is 10.0 Å². The van der Waals surface area contributed by atoms with Gasteiger partial charge in [-0.1, -0.05) is 12.2 Å². The minimum atomic E-state index is 0.0248. The van der Waals surface area contributed by atoms with Crippen LogP contribution in [0.3, 0.4) is 0 Å². The molecule has 3 nitrogen and oxygen atoms in total. The third kappa shape index (κ3) is 2.94. The summed E-state index contributed by atoms with van der Waals surface area (Å²) in [6, 6.07) is 1.95. The number of aliphatic hydroxyl groups is 1. The second-order valence-corrected chi connectivity index (χ2v) is 3.62. The molecule has 0 atom stereocenters. The molecule has 0 fully saturated rings. The fourth-order valence-corrected chi connectivity index (χ4v) is 1.60. The first-order valence-electron chi connectivity index (χ1n) is 5.26. The third-order valence-electron chi connectivity index (χ3n) is 2.29. The Morgan fingerprint density at radius 2 is 2.00 bits per heavy atom. The average molecular weight is 218 g/mol. The molecule has 1 rings (SSSR count). The van der Waals surface area contributed by atoms with Crippen molar-refractivity contribution in [2.45, 2.75) is 13.5 Å². The molecular weight excluding hydrogens is 200 g/mol. The van der Waals surface area contributed by atoms with E-state index >= 15 is 0 Å². The first-order valence-corrected chi connectivity index (χ1v) is 5.26. The number of hydrogen-bond acceptors (Lipinski definition) is 3. The van der Waals surface area contributed by atoms with Crippen LogP contribution in [0.2, 0.25) is 0 Å². The number of nitrogens with zero attached hydrogens (tertiary/aromatic N) is 2. The van der Waals surface area contributed by atoms with Gasteiger partial charge in [-0.3, -0.25) is 0 Å². The van der Waals surface area contributed by atoms with Crippen LogP contribution in [0.15, 0.2) is 37.6 Å². The van der Waals surface area contributed by atoms with Crippen LogP contribution in [0.1, 0.15) is 11.1 Å². The Hall–Kier alpha value is -1.61. The smallest absolute Gasteiger partial charge is 0.132 e. The summed E-state index contributed by atoms with van der Waals surface area (Å²) in [4.78, 5) is 6.44. The van der Waals surface area contributed by atoms with Gasteiger partial charge >= 0.3 is 0 Å². The van der Waals surface area contributed by atoms with Crippen LogP contribution in [0.25, 0.3) is 0 Å². The maximum Gasteiger partial charge on any atom is 0.132 e. The lowest BCUT2D eigenvalue weighted by Crippen LogP contribution is -2.25. The van der Waals surface area contributed by atoms with Crippen molar-refractivity contribution in [1.82, 2.24) is 4.98 Å². The van der Waals surface area contributed by atoms with Crippen LogP contribution < -0.4 is 4.90 Å². The van der Waals surface area contributed by atoms with Gasteiger partial charge in [-0.15, -0.1) is 13.2 Å². The summed E-state index contributed by atoms with van der Waals surface area (Å²) in [7, 11) is 0. The van der Waals surface area contributed by atoms with Gasteiger partial charge in [-0.2, -0.15) is 0 Å². The minimum Gasteiger partial charge on any atom is -0.392 e. The monoisotopic (exact) mass is 218 g/mol. The summed E-state index contributed by atoms with van der Waals surface area (Å²) in [6.07, 6.45) is 5.37. The van der Waals surface area contributed by atoms with Crippen molar-refractivity contribution in [2.75, 3.05) is 18.0 Å². The fraction of sp³-hybridized carbons (Fsp3) is 0.308. The minimum absolute atomic E-state index is 0.0248. The van der Waals surface area contributed by atoms with Crippen molar-refractivity contribution in [3.8, 4) is 0 Å². The second kappa shape index (κ2) is 6.08. The van der Waals surface area contributed by atoms with Gasteiger partial charge in [-0.25, -0.2) is 4.98 Å². The number of hydrogen-bond donors (Lipinski definition) is 1. The van der Waals surface area contributed by atoms with Gasteiger partial charge in [0.05, 0.1) is 6.61 Å². The Balaban J connectivity index is 2.99. The van der Waals surface area contributed by atoms with Crippen molar-refractivity contribution < 1.29 is 5.11 Å². The molecule has 16 heavy (non-hydrogen) atoms. The van der Waals surface area contributed by atoms with Crippen LogP contribution in [-0.2, 0) is 6.61 Å². The van der Waals surface area contributed by atoms with Gasteiger partial charge in [0.2, 0.25) is 0 Å². The van der Waals surface area contributed by atoms with Crippen molar-refractivity contribution >= 4 is 5.82 Å². The average Bonchev–Trinajstić information content (AvgIpc) is 2.29. The van der Waals surface area contributed by atoms with E-state index in [9.17, 15) is 0 Å². The number of aliphatic hydroxyl groups excluding tert-OH is 1. The van der Waals surface area contributed by atoms with Gasteiger partial charge in [0.1, 0.15) is 5.82 Å². The molecule has 0 aliphatic rings. The summed E-state index contributed by atoms with van der Waals surface area (Å²) in [5.74, 6) is 0.914.